The minimum atomic E-state index is -0.589. The van der Waals surface area contributed by atoms with E-state index in [9.17, 15) is 14.4 Å². The molecule has 0 aliphatic carbocycles. The molecule has 8 heteroatoms. The van der Waals surface area contributed by atoms with E-state index in [0.29, 0.717) is 24.4 Å². The lowest BCUT2D eigenvalue weighted by atomic mass is 10.1. The molecule has 2 aromatic heterocycles. The highest BCUT2D eigenvalue weighted by molar-refractivity contribution is 5.93. The van der Waals surface area contributed by atoms with Crippen molar-refractivity contribution in [3.05, 3.63) is 35.8 Å². The molecule has 3 rings (SSSR count). The molecular weight excluding hydrogens is 322 g/mol. The van der Waals surface area contributed by atoms with Crippen molar-refractivity contribution >= 4 is 23.4 Å². The summed E-state index contributed by atoms with van der Waals surface area (Å²) in [5, 5.41) is 0. The van der Waals surface area contributed by atoms with Crippen LogP contribution in [0.15, 0.2) is 24.4 Å². The molecule has 1 aliphatic rings. The number of hydrogen-bond acceptors (Lipinski definition) is 4. The second-order valence-electron chi connectivity index (χ2n) is 6.34. The Balaban J connectivity index is 1.87. The highest BCUT2D eigenvalue weighted by Gasteiger charge is 2.31. The van der Waals surface area contributed by atoms with E-state index in [-0.39, 0.29) is 24.9 Å². The Bertz CT molecular complexity index is 844. The van der Waals surface area contributed by atoms with Gasteiger partial charge in [0, 0.05) is 45.0 Å². The Labute approximate surface area is 145 Å². The first kappa shape index (κ1) is 16.9. The highest BCUT2D eigenvalue weighted by Crippen LogP contribution is 2.15. The average Bonchev–Trinajstić information content (AvgIpc) is 2.86. The van der Waals surface area contributed by atoms with Crippen molar-refractivity contribution in [2.75, 3.05) is 26.2 Å². The number of rotatable bonds is 2. The van der Waals surface area contributed by atoms with Crippen LogP contribution in [0.4, 0.5) is 0 Å². The van der Waals surface area contributed by atoms with Crippen molar-refractivity contribution in [3.8, 4) is 0 Å². The molecule has 0 saturated carbocycles. The van der Waals surface area contributed by atoms with Gasteiger partial charge in [0.25, 0.3) is 5.91 Å². The molecule has 132 valence electrons. The van der Waals surface area contributed by atoms with Gasteiger partial charge in [0.2, 0.25) is 11.8 Å². The summed E-state index contributed by atoms with van der Waals surface area (Å²) in [4.78, 5) is 43.7. The minimum Gasteiger partial charge on any atom is -0.369 e. The lowest BCUT2D eigenvalue weighted by molar-refractivity contribution is -0.130. The molecule has 25 heavy (non-hydrogen) atoms. The maximum Gasteiger partial charge on any atom is 0.274 e. The number of nitrogens with zero attached hydrogens (tertiary/aromatic N) is 4. The maximum absolute atomic E-state index is 12.9. The van der Waals surface area contributed by atoms with Gasteiger partial charge in [-0.05, 0) is 19.1 Å². The van der Waals surface area contributed by atoms with Crippen LogP contribution < -0.4 is 5.73 Å². The number of hydrogen-bond donors (Lipinski definition) is 1. The van der Waals surface area contributed by atoms with Gasteiger partial charge in [-0.15, -0.1) is 0 Å². The van der Waals surface area contributed by atoms with Gasteiger partial charge in [-0.1, -0.05) is 6.07 Å². The van der Waals surface area contributed by atoms with Gasteiger partial charge in [-0.2, -0.15) is 0 Å². The Morgan fingerprint density at radius 2 is 1.84 bits per heavy atom. The predicted molar refractivity (Wildman–Crippen MR) is 90.8 cm³/mol. The van der Waals surface area contributed by atoms with Gasteiger partial charge >= 0.3 is 0 Å². The third-order valence-electron chi connectivity index (χ3n) is 4.57. The van der Waals surface area contributed by atoms with Crippen LogP contribution in [0.3, 0.4) is 0 Å². The summed E-state index contributed by atoms with van der Waals surface area (Å²) in [6, 6.07) is 5.64. The minimum absolute atomic E-state index is 0.135. The summed E-state index contributed by atoms with van der Waals surface area (Å²) in [6.07, 6.45) is 1.69. The molecule has 3 heterocycles. The average molecular weight is 343 g/mol. The van der Waals surface area contributed by atoms with E-state index in [0.717, 1.165) is 5.69 Å². The Morgan fingerprint density at radius 3 is 2.48 bits per heavy atom. The molecular formula is C17H21N5O3. The molecule has 2 aromatic rings. The lowest BCUT2D eigenvalue weighted by Gasteiger charge is -2.21. The van der Waals surface area contributed by atoms with Crippen molar-refractivity contribution in [2.45, 2.75) is 13.8 Å². The van der Waals surface area contributed by atoms with Gasteiger partial charge in [0.05, 0.1) is 5.92 Å². The first-order valence-corrected chi connectivity index (χ1v) is 8.15. The second kappa shape index (κ2) is 6.54. The van der Waals surface area contributed by atoms with Crippen LogP contribution in [0.1, 0.15) is 23.1 Å². The van der Waals surface area contributed by atoms with E-state index in [1.54, 1.807) is 16.0 Å². The third-order valence-corrected chi connectivity index (χ3v) is 4.57. The van der Waals surface area contributed by atoms with E-state index in [4.69, 9.17) is 5.73 Å². The van der Waals surface area contributed by atoms with Gasteiger partial charge in [-0.25, -0.2) is 4.98 Å². The van der Waals surface area contributed by atoms with Gasteiger partial charge in [-0.3, -0.25) is 14.4 Å². The number of fused-ring (bicyclic) bond motifs is 1. The van der Waals surface area contributed by atoms with E-state index >= 15 is 0 Å². The highest BCUT2D eigenvalue weighted by atomic mass is 16.2. The number of primary amides is 1. The van der Waals surface area contributed by atoms with Crippen LogP contribution in [0.2, 0.25) is 0 Å². The summed E-state index contributed by atoms with van der Waals surface area (Å²) in [5.41, 5.74) is 7.42. The van der Waals surface area contributed by atoms with Crippen molar-refractivity contribution in [2.24, 2.45) is 11.7 Å². The molecule has 8 nitrogen and oxygen atoms in total. The van der Waals surface area contributed by atoms with Crippen LogP contribution in [0.25, 0.3) is 5.65 Å². The third kappa shape index (κ3) is 3.33. The molecule has 0 spiro atoms. The molecule has 2 N–H and O–H groups in total. The topological polar surface area (TPSA) is 101 Å². The van der Waals surface area contributed by atoms with Crippen molar-refractivity contribution in [3.63, 3.8) is 0 Å². The molecule has 1 atom stereocenters. The van der Waals surface area contributed by atoms with Gasteiger partial charge in [0.15, 0.2) is 0 Å². The SMILES string of the molecule is CC(=O)N1CCN(C(=O)c2cn3c(C)cccc3n2)CC(C(N)=O)C1. The van der Waals surface area contributed by atoms with Gasteiger partial charge in [0.1, 0.15) is 11.3 Å². The predicted octanol–water partition coefficient (Wildman–Crippen LogP) is 0.0485. The van der Waals surface area contributed by atoms with Crippen LogP contribution in [0, 0.1) is 12.8 Å². The lowest BCUT2D eigenvalue weighted by Crippen LogP contribution is -2.41. The first-order chi connectivity index (χ1) is 11.9. The number of aryl methyl sites for hydroxylation is 1. The largest absolute Gasteiger partial charge is 0.369 e. The first-order valence-electron chi connectivity index (χ1n) is 8.15. The summed E-state index contributed by atoms with van der Waals surface area (Å²) >= 11 is 0. The van der Waals surface area contributed by atoms with E-state index in [2.05, 4.69) is 4.98 Å². The molecule has 1 aliphatic heterocycles. The molecule has 1 fully saturated rings. The Hall–Kier alpha value is -2.90. The molecule has 1 saturated heterocycles. The number of aromatic nitrogens is 2. The maximum atomic E-state index is 12.9. The zero-order chi connectivity index (χ0) is 18.1. The molecule has 0 radical (unpaired) electrons. The fraction of sp³-hybridized carbons (Fsp3) is 0.412. The standard InChI is InChI=1S/C17H21N5O3/c1-11-4-3-5-15-19-14(10-22(11)15)17(25)21-7-6-20(12(2)23)8-13(9-21)16(18)24/h3-5,10,13H,6-9H2,1-2H3,(H2,18,24). The van der Waals surface area contributed by atoms with Crippen LogP contribution in [-0.2, 0) is 9.59 Å². The monoisotopic (exact) mass is 343 g/mol. The number of amides is 3. The van der Waals surface area contributed by atoms with E-state index in [1.807, 2.05) is 29.5 Å². The number of pyridine rings is 1. The molecule has 3 amide bonds. The number of nitrogens with two attached hydrogens (primary N) is 1. The zero-order valence-electron chi connectivity index (χ0n) is 14.3. The normalized spacial score (nSPS) is 18.2. The number of imidazole rings is 1. The second-order valence-corrected chi connectivity index (χ2v) is 6.34. The van der Waals surface area contributed by atoms with Crippen LogP contribution in [-0.4, -0.2) is 63.1 Å². The zero-order valence-corrected chi connectivity index (χ0v) is 14.3. The summed E-state index contributed by atoms with van der Waals surface area (Å²) in [6.45, 7) is 4.51. The Kier molecular flexibility index (Phi) is 4.43. The molecule has 0 bridgehead atoms. The smallest absolute Gasteiger partial charge is 0.274 e. The fourth-order valence-corrected chi connectivity index (χ4v) is 3.08. The van der Waals surface area contributed by atoms with Crippen molar-refractivity contribution < 1.29 is 14.4 Å². The number of carbonyl (C=O) groups excluding carboxylic acids is 3. The van der Waals surface area contributed by atoms with Crippen LogP contribution in [0.5, 0.6) is 0 Å². The van der Waals surface area contributed by atoms with Gasteiger partial charge < -0.3 is 19.9 Å². The quantitative estimate of drug-likeness (QED) is 0.832. The van der Waals surface area contributed by atoms with E-state index < -0.39 is 11.8 Å². The summed E-state index contributed by atoms with van der Waals surface area (Å²) in [7, 11) is 0. The summed E-state index contributed by atoms with van der Waals surface area (Å²) < 4.78 is 1.85. The van der Waals surface area contributed by atoms with Crippen molar-refractivity contribution in [1.82, 2.24) is 19.2 Å². The summed E-state index contributed by atoms with van der Waals surface area (Å²) in [5.74, 6) is -1.51. The molecule has 1 unspecified atom stereocenters. The van der Waals surface area contributed by atoms with Crippen molar-refractivity contribution in [1.29, 1.82) is 0 Å². The molecule has 0 aromatic carbocycles. The van der Waals surface area contributed by atoms with E-state index in [1.165, 1.54) is 6.92 Å². The fourth-order valence-electron chi connectivity index (χ4n) is 3.08. The number of carbonyl (C=O) groups is 3. The Morgan fingerprint density at radius 1 is 1.16 bits per heavy atom. The van der Waals surface area contributed by atoms with Crippen LogP contribution >= 0.6 is 0 Å².